The number of hydrogen-bond donors (Lipinski definition) is 0. The second kappa shape index (κ2) is 7.16. The predicted molar refractivity (Wildman–Crippen MR) is 143 cm³/mol. The zero-order chi connectivity index (χ0) is 24.2. The van der Waals surface area contributed by atoms with Crippen LogP contribution in [-0.2, 0) is 0 Å². The molecule has 0 N–H and O–H groups in total. The number of rotatable bonds is 1. The van der Waals surface area contributed by atoms with Crippen LogP contribution >= 0.6 is 0 Å². The molecule has 0 spiro atoms. The van der Waals surface area contributed by atoms with Gasteiger partial charge in [0.25, 0.3) is 0 Å². The molecule has 0 aromatic carbocycles. The summed E-state index contributed by atoms with van der Waals surface area (Å²) in [6.07, 6.45) is 17.3. The molecule has 0 nitrogen and oxygen atoms in total. The highest BCUT2D eigenvalue weighted by Crippen LogP contribution is 2.76. The summed E-state index contributed by atoms with van der Waals surface area (Å²) >= 11 is 0. The molecule has 4 fully saturated rings. The molecule has 5 aliphatic carbocycles. The van der Waals surface area contributed by atoms with Gasteiger partial charge in [0.1, 0.15) is 0 Å². The minimum Gasteiger partial charge on any atom is -0.0813 e. The Morgan fingerprint density at radius 3 is 2.15 bits per heavy atom. The van der Waals surface area contributed by atoms with Crippen molar-refractivity contribution < 1.29 is 0 Å². The third kappa shape index (κ3) is 3.00. The van der Waals surface area contributed by atoms with E-state index < -0.39 is 0 Å². The zero-order valence-electron chi connectivity index (χ0n) is 24.0. The van der Waals surface area contributed by atoms with Crippen LogP contribution in [0.4, 0.5) is 0 Å². The summed E-state index contributed by atoms with van der Waals surface area (Å²) in [7, 11) is 0. The Morgan fingerprint density at radius 1 is 0.818 bits per heavy atom. The van der Waals surface area contributed by atoms with E-state index >= 15 is 0 Å². The Bertz CT molecular complexity index is 833. The van der Waals surface area contributed by atoms with Gasteiger partial charge >= 0.3 is 0 Å². The standard InChI is InChI=1S/C33H56/c1-11-29(6)16-17-30(7)18-19-32(9)24(25(30)21-29)20-22(2)27-31(8)14-12-23(3)28(4,5)26(31)13-15-33(27,32)10/h20,22-23,25-27H,11-19,21H2,1-10H3. The molecule has 5 aliphatic rings. The van der Waals surface area contributed by atoms with Crippen LogP contribution in [-0.4, -0.2) is 0 Å². The molecule has 0 heterocycles. The molecule has 0 aliphatic heterocycles. The van der Waals surface area contributed by atoms with E-state index in [1.807, 2.05) is 5.57 Å². The van der Waals surface area contributed by atoms with E-state index in [1.165, 1.54) is 64.2 Å². The minimum absolute atomic E-state index is 0.404. The first-order valence-corrected chi connectivity index (χ1v) is 14.9. The summed E-state index contributed by atoms with van der Waals surface area (Å²) < 4.78 is 0. The smallest absolute Gasteiger partial charge is 0.00563 e. The van der Waals surface area contributed by atoms with Crippen LogP contribution in [0.5, 0.6) is 0 Å². The van der Waals surface area contributed by atoms with Crippen LogP contribution in [0.25, 0.3) is 0 Å². The number of hydrogen-bond acceptors (Lipinski definition) is 0. The Kier molecular flexibility index (Phi) is 5.30. The third-order valence-electron chi connectivity index (χ3n) is 14.6. The monoisotopic (exact) mass is 452 g/mol. The summed E-state index contributed by atoms with van der Waals surface area (Å²) in [5.74, 6) is 4.15. The summed E-state index contributed by atoms with van der Waals surface area (Å²) in [5.41, 5.74) is 4.88. The van der Waals surface area contributed by atoms with Gasteiger partial charge in [-0.1, -0.05) is 87.3 Å². The van der Waals surface area contributed by atoms with Crippen molar-refractivity contribution >= 4 is 0 Å². The van der Waals surface area contributed by atoms with Gasteiger partial charge in [-0.3, -0.25) is 0 Å². The van der Waals surface area contributed by atoms with Crippen LogP contribution in [0, 0.1) is 62.1 Å². The Hall–Kier alpha value is -0.260. The molecule has 5 rings (SSSR count). The van der Waals surface area contributed by atoms with Crippen molar-refractivity contribution in [1.82, 2.24) is 0 Å². The quantitative estimate of drug-likeness (QED) is 0.347. The van der Waals surface area contributed by atoms with Gasteiger partial charge in [-0.25, -0.2) is 0 Å². The van der Waals surface area contributed by atoms with Crippen LogP contribution in [0.15, 0.2) is 11.6 Å². The summed E-state index contributed by atoms with van der Waals surface area (Å²) in [5, 5.41) is 0. The molecule has 10 atom stereocenters. The van der Waals surface area contributed by atoms with E-state index in [0.717, 1.165) is 29.6 Å². The van der Waals surface area contributed by atoms with Crippen molar-refractivity contribution in [2.24, 2.45) is 62.1 Å². The molecule has 188 valence electrons. The van der Waals surface area contributed by atoms with Crippen LogP contribution in [0.2, 0.25) is 0 Å². The van der Waals surface area contributed by atoms with Crippen molar-refractivity contribution in [3.63, 3.8) is 0 Å². The summed E-state index contributed by atoms with van der Waals surface area (Å²) in [6.45, 7) is 26.5. The molecule has 4 saturated carbocycles. The van der Waals surface area contributed by atoms with Gasteiger partial charge in [-0.2, -0.15) is 0 Å². The van der Waals surface area contributed by atoms with Gasteiger partial charge in [0.15, 0.2) is 0 Å². The Balaban J connectivity index is 1.61. The number of allylic oxidation sites excluding steroid dienone is 2. The molecule has 10 unspecified atom stereocenters. The first-order valence-electron chi connectivity index (χ1n) is 14.9. The van der Waals surface area contributed by atoms with Crippen LogP contribution in [0.3, 0.4) is 0 Å². The lowest BCUT2D eigenvalue weighted by molar-refractivity contribution is -0.202. The van der Waals surface area contributed by atoms with E-state index in [9.17, 15) is 0 Å². The average molecular weight is 453 g/mol. The van der Waals surface area contributed by atoms with Gasteiger partial charge in [0.2, 0.25) is 0 Å². The maximum Gasteiger partial charge on any atom is -0.00563 e. The van der Waals surface area contributed by atoms with Crippen molar-refractivity contribution in [2.45, 2.75) is 133 Å². The highest BCUT2D eigenvalue weighted by Gasteiger charge is 2.68. The maximum atomic E-state index is 2.91. The fraction of sp³-hybridized carbons (Fsp3) is 0.939. The van der Waals surface area contributed by atoms with Crippen molar-refractivity contribution in [2.75, 3.05) is 0 Å². The average Bonchev–Trinajstić information content (AvgIpc) is 2.74. The highest BCUT2D eigenvalue weighted by atomic mass is 14.7. The summed E-state index contributed by atoms with van der Waals surface area (Å²) in [6, 6.07) is 0. The predicted octanol–water partition coefficient (Wildman–Crippen LogP) is 10.1. The van der Waals surface area contributed by atoms with Crippen molar-refractivity contribution in [3.05, 3.63) is 11.6 Å². The molecule has 33 heavy (non-hydrogen) atoms. The molecule has 0 amide bonds. The van der Waals surface area contributed by atoms with E-state index in [2.05, 4.69) is 75.3 Å². The second-order valence-corrected chi connectivity index (χ2v) is 16.1. The van der Waals surface area contributed by atoms with Crippen LogP contribution in [0.1, 0.15) is 133 Å². The van der Waals surface area contributed by atoms with E-state index in [4.69, 9.17) is 0 Å². The molecule has 0 bridgehead atoms. The lowest BCUT2D eigenvalue weighted by Gasteiger charge is -2.72. The Morgan fingerprint density at radius 2 is 1.48 bits per heavy atom. The molecular formula is C33H56. The number of fused-ring (bicyclic) bond motifs is 7. The van der Waals surface area contributed by atoms with Crippen LogP contribution < -0.4 is 0 Å². The van der Waals surface area contributed by atoms with Crippen molar-refractivity contribution in [3.8, 4) is 0 Å². The summed E-state index contributed by atoms with van der Waals surface area (Å²) in [4.78, 5) is 0. The molecule has 0 aromatic rings. The lowest BCUT2D eigenvalue weighted by Crippen LogP contribution is -2.65. The molecular weight excluding hydrogens is 396 g/mol. The fourth-order valence-electron chi connectivity index (χ4n) is 11.5. The van der Waals surface area contributed by atoms with Crippen molar-refractivity contribution in [1.29, 1.82) is 0 Å². The molecule has 0 aromatic heterocycles. The molecule has 0 saturated heterocycles. The zero-order valence-corrected chi connectivity index (χ0v) is 24.0. The van der Waals surface area contributed by atoms with E-state index in [-0.39, 0.29) is 0 Å². The normalized spacial score (nSPS) is 57.8. The largest absolute Gasteiger partial charge is 0.0813 e. The molecule has 0 radical (unpaired) electrons. The minimum atomic E-state index is 0.404. The van der Waals surface area contributed by atoms with Gasteiger partial charge in [-0.05, 0) is 120 Å². The van der Waals surface area contributed by atoms with Gasteiger partial charge in [0.05, 0.1) is 0 Å². The fourth-order valence-corrected chi connectivity index (χ4v) is 11.5. The molecule has 0 heteroatoms. The van der Waals surface area contributed by atoms with E-state index in [0.29, 0.717) is 32.5 Å². The van der Waals surface area contributed by atoms with Gasteiger partial charge in [0, 0.05) is 0 Å². The highest BCUT2D eigenvalue weighted by molar-refractivity contribution is 5.34. The van der Waals surface area contributed by atoms with Gasteiger partial charge in [-0.15, -0.1) is 0 Å². The first kappa shape index (κ1) is 24.4. The maximum absolute atomic E-state index is 2.91. The first-order chi connectivity index (χ1) is 15.2. The third-order valence-corrected chi connectivity index (χ3v) is 14.6. The van der Waals surface area contributed by atoms with Gasteiger partial charge < -0.3 is 0 Å². The Labute approximate surface area is 207 Å². The van der Waals surface area contributed by atoms with E-state index in [1.54, 1.807) is 0 Å². The topological polar surface area (TPSA) is 0 Å². The second-order valence-electron chi connectivity index (χ2n) is 16.1. The lowest BCUT2D eigenvalue weighted by atomic mass is 9.32. The SMILES string of the molecule is CCC1(C)CCC2(C)CCC3(C)C(=CC(C)C4C5(C)CCC(C)C(C)(C)C5CCC43C)C2C1.